The Balaban J connectivity index is 1.37. The predicted molar refractivity (Wildman–Crippen MR) is 117 cm³/mol. The van der Waals surface area contributed by atoms with Crippen molar-refractivity contribution in [2.24, 2.45) is 0 Å². The van der Waals surface area contributed by atoms with Crippen molar-refractivity contribution in [3.8, 4) is 5.75 Å². The molecule has 31 heavy (non-hydrogen) atoms. The molecule has 1 aliphatic carbocycles. The van der Waals surface area contributed by atoms with Crippen molar-refractivity contribution in [1.82, 2.24) is 9.62 Å². The molecule has 7 nitrogen and oxygen atoms in total. The molecule has 1 aliphatic heterocycles. The number of halogens is 1. The third-order valence-electron chi connectivity index (χ3n) is 5.57. The van der Waals surface area contributed by atoms with Crippen molar-refractivity contribution in [3.63, 3.8) is 0 Å². The summed E-state index contributed by atoms with van der Waals surface area (Å²) in [7, 11) is -3.65. The Labute approximate surface area is 187 Å². The van der Waals surface area contributed by atoms with Crippen LogP contribution in [0.2, 0.25) is 5.02 Å². The van der Waals surface area contributed by atoms with Gasteiger partial charge in [0.2, 0.25) is 10.0 Å². The Hall–Kier alpha value is -2.13. The Bertz CT molecular complexity index is 1050. The molecule has 9 heteroatoms. The first-order valence-corrected chi connectivity index (χ1v) is 12.1. The second kappa shape index (κ2) is 9.56. The number of hydrogen-bond donors (Lipinski definition) is 1. The van der Waals surface area contributed by atoms with Crippen LogP contribution in [-0.2, 0) is 26.0 Å². The highest BCUT2D eigenvalue weighted by Gasteiger charge is 2.27. The fourth-order valence-electron chi connectivity index (χ4n) is 3.98. The van der Waals surface area contributed by atoms with E-state index in [1.54, 1.807) is 0 Å². The maximum absolute atomic E-state index is 12.7. The number of ether oxygens (including phenoxy) is 2. The van der Waals surface area contributed by atoms with Gasteiger partial charge in [-0.2, -0.15) is 4.31 Å². The van der Waals surface area contributed by atoms with Gasteiger partial charge in [0.1, 0.15) is 5.75 Å². The van der Waals surface area contributed by atoms with E-state index in [9.17, 15) is 13.2 Å². The molecule has 1 N–H and O–H groups in total. The van der Waals surface area contributed by atoms with E-state index in [1.807, 2.05) is 18.2 Å². The van der Waals surface area contributed by atoms with Crippen molar-refractivity contribution in [2.45, 2.75) is 30.2 Å². The van der Waals surface area contributed by atoms with Crippen LogP contribution >= 0.6 is 11.6 Å². The lowest BCUT2D eigenvalue weighted by Crippen LogP contribution is -2.40. The van der Waals surface area contributed by atoms with Crippen LogP contribution in [0.3, 0.4) is 0 Å². The molecule has 1 saturated heterocycles. The average molecular weight is 465 g/mol. The van der Waals surface area contributed by atoms with Crippen LogP contribution in [0.15, 0.2) is 47.4 Å². The highest BCUT2D eigenvalue weighted by molar-refractivity contribution is 7.89. The topological polar surface area (TPSA) is 84.9 Å². The number of nitrogens with one attached hydrogen (secondary N) is 1. The Morgan fingerprint density at radius 2 is 1.97 bits per heavy atom. The Kier molecular flexibility index (Phi) is 6.81. The number of sulfonamides is 1. The highest BCUT2D eigenvalue weighted by Crippen LogP contribution is 2.30. The Morgan fingerprint density at radius 3 is 2.74 bits per heavy atom. The van der Waals surface area contributed by atoms with Gasteiger partial charge in [0.25, 0.3) is 5.91 Å². The van der Waals surface area contributed by atoms with E-state index in [0.717, 1.165) is 24.8 Å². The quantitative estimate of drug-likeness (QED) is 0.710. The first kappa shape index (κ1) is 22.1. The normalized spacial score (nSPS) is 19.5. The van der Waals surface area contributed by atoms with Gasteiger partial charge in [-0.1, -0.05) is 35.9 Å². The standard InChI is InChI=1S/C22H25ClN2O5S/c23-19-14-17(31(27,28)25-10-12-29-13-11-25)8-9-21(19)30-15-22(26)24-20-7-3-5-16-4-1-2-6-18(16)20/h1-2,4,6,8-9,14,20H,3,5,7,10-13,15H2,(H,24,26)/t20-/m1/s1. The summed E-state index contributed by atoms with van der Waals surface area (Å²) in [6.07, 6.45) is 2.93. The summed E-state index contributed by atoms with van der Waals surface area (Å²) in [5.41, 5.74) is 2.41. The summed E-state index contributed by atoms with van der Waals surface area (Å²) in [5.74, 6) is 0.0181. The van der Waals surface area contributed by atoms with E-state index in [4.69, 9.17) is 21.1 Å². The molecule has 0 spiro atoms. The molecule has 2 aromatic carbocycles. The lowest BCUT2D eigenvalue weighted by molar-refractivity contribution is -0.123. The van der Waals surface area contributed by atoms with Gasteiger partial charge in [0.05, 0.1) is 29.2 Å². The van der Waals surface area contributed by atoms with Crippen molar-refractivity contribution in [3.05, 3.63) is 58.6 Å². The van der Waals surface area contributed by atoms with Gasteiger partial charge >= 0.3 is 0 Å². The van der Waals surface area contributed by atoms with Crippen molar-refractivity contribution >= 4 is 27.5 Å². The number of hydrogen-bond acceptors (Lipinski definition) is 5. The smallest absolute Gasteiger partial charge is 0.258 e. The maximum Gasteiger partial charge on any atom is 0.258 e. The summed E-state index contributed by atoms with van der Waals surface area (Å²) in [4.78, 5) is 12.5. The van der Waals surface area contributed by atoms with E-state index in [-0.39, 0.29) is 34.2 Å². The Morgan fingerprint density at radius 1 is 1.19 bits per heavy atom. The van der Waals surface area contributed by atoms with E-state index in [1.165, 1.54) is 28.1 Å². The lowest BCUT2D eigenvalue weighted by Gasteiger charge is -2.26. The zero-order chi connectivity index (χ0) is 21.8. The third kappa shape index (κ3) is 5.03. The summed E-state index contributed by atoms with van der Waals surface area (Å²) in [6.45, 7) is 1.16. The van der Waals surface area contributed by atoms with Crippen LogP contribution in [0, 0.1) is 0 Å². The number of carbonyl (C=O) groups is 1. The molecule has 2 aliphatic rings. The van der Waals surface area contributed by atoms with Gasteiger partial charge in [0, 0.05) is 13.1 Å². The van der Waals surface area contributed by atoms with Crippen molar-refractivity contribution in [2.75, 3.05) is 32.9 Å². The summed E-state index contributed by atoms with van der Waals surface area (Å²) < 4.78 is 37.6. The van der Waals surface area contributed by atoms with Gasteiger partial charge in [-0.05, 0) is 48.6 Å². The third-order valence-corrected chi connectivity index (χ3v) is 7.76. The second-order valence-corrected chi connectivity index (χ2v) is 9.95. The molecule has 2 aromatic rings. The second-order valence-electron chi connectivity index (χ2n) is 7.61. The molecule has 0 saturated carbocycles. The molecule has 0 bridgehead atoms. The molecule has 0 unspecified atom stereocenters. The minimum Gasteiger partial charge on any atom is -0.482 e. The zero-order valence-corrected chi connectivity index (χ0v) is 18.6. The molecule has 4 rings (SSSR count). The number of fused-ring (bicyclic) bond motifs is 1. The van der Waals surface area contributed by atoms with Crippen LogP contribution < -0.4 is 10.1 Å². The molecule has 1 heterocycles. The van der Waals surface area contributed by atoms with Crippen LogP contribution in [0.5, 0.6) is 5.75 Å². The number of benzene rings is 2. The number of amides is 1. The summed E-state index contributed by atoms with van der Waals surface area (Å²) >= 11 is 6.25. The molecule has 0 aromatic heterocycles. The largest absolute Gasteiger partial charge is 0.482 e. The summed E-state index contributed by atoms with van der Waals surface area (Å²) in [6, 6.07) is 12.4. The SMILES string of the molecule is O=C(COc1ccc(S(=O)(=O)N2CCOCC2)cc1Cl)N[C@@H]1CCCc2ccccc21. The van der Waals surface area contributed by atoms with E-state index < -0.39 is 10.0 Å². The van der Waals surface area contributed by atoms with Gasteiger partial charge in [-0.25, -0.2) is 8.42 Å². The lowest BCUT2D eigenvalue weighted by atomic mass is 9.88. The highest BCUT2D eigenvalue weighted by atomic mass is 35.5. The molecule has 1 fully saturated rings. The first-order chi connectivity index (χ1) is 14.9. The van der Waals surface area contributed by atoms with Gasteiger partial charge < -0.3 is 14.8 Å². The minimum absolute atomic E-state index is 0.0300. The number of nitrogens with zero attached hydrogens (tertiary/aromatic N) is 1. The number of aryl methyl sites for hydroxylation is 1. The van der Waals surface area contributed by atoms with Gasteiger partial charge in [0.15, 0.2) is 6.61 Å². The number of morpholine rings is 1. The van der Waals surface area contributed by atoms with Gasteiger partial charge in [-0.3, -0.25) is 4.79 Å². The minimum atomic E-state index is -3.65. The molecule has 166 valence electrons. The fourth-order valence-corrected chi connectivity index (χ4v) is 5.71. The molecule has 1 atom stereocenters. The average Bonchev–Trinajstić information content (AvgIpc) is 2.79. The fraction of sp³-hybridized carbons (Fsp3) is 0.409. The zero-order valence-electron chi connectivity index (χ0n) is 17.1. The van der Waals surface area contributed by atoms with E-state index in [2.05, 4.69) is 11.4 Å². The molecule has 0 radical (unpaired) electrons. The molecular formula is C22H25ClN2O5S. The first-order valence-electron chi connectivity index (χ1n) is 10.3. The van der Waals surface area contributed by atoms with Crippen molar-refractivity contribution < 1.29 is 22.7 Å². The van der Waals surface area contributed by atoms with Crippen LogP contribution in [0.4, 0.5) is 0 Å². The number of carbonyl (C=O) groups excluding carboxylic acids is 1. The van der Waals surface area contributed by atoms with Crippen LogP contribution in [-0.4, -0.2) is 51.5 Å². The van der Waals surface area contributed by atoms with Gasteiger partial charge in [-0.15, -0.1) is 0 Å². The van der Waals surface area contributed by atoms with E-state index in [0.29, 0.717) is 26.3 Å². The van der Waals surface area contributed by atoms with E-state index >= 15 is 0 Å². The molecule has 1 amide bonds. The monoisotopic (exact) mass is 464 g/mol. The van der Waals surface area contributed by atoms with Crippen LogP contribution in [0.1, 0.15) is 30.0 Å². The predicted octanol–water partition coefficient (Wildman–Crippen LogP) is 2.93. The number of rotatable bonds is 6. The summed E-state index contributed by atoms with van der Waals surface area (Å²) in [5, 5.41) is 3.17. The van der Waals surface area contributed by atoms with Crippen molar-refractivity contribution in [1.29, 1.82) is 0 Å². The molecular weight excluding hydrogens is 440 g/mol. The maximum atomic E-state index is 12.7. The van der Waals surface area contributed by atoms with Crippen LogP contribution in [0.25, 0.3) is 0 Å².